The van der Waals surface area contributed by atoms with Crippen molar-refractivity contribution < 1.29 is 4.79 Å². The zero-order chi connectivity index (χ0) is 16.2. The van der Waals surface area contributed by atoms with Crippen molar-refractivity contribution in [3.05, 3.63) is 106 Å². The molecule has 0 unspecified atom stereocenters. The largest absolute Gasteiger partial charge is 0.293 e. The van der Waals surface area contributed by atoms with Crippen molar-refractivity contribution >= 4 is 29.0 Å². The molecule has 0 atom stereocenters. The van der Waals surface area contributed by atoms with Gasteiger partial charge in [0.05, 0.1) is 5.92 Å². The van der Waals surface area contributed by atoms with Gasteiger partial charge in [0.1, 0.15) is 0 Å². The highest BCUT2D eigenvalue weighted by atomic mass is 35.5. The summed E-state index contributed by atoms with van der Waals surface area (Å²) in [6.45, 7) is 0. The summed E-state index contributed by atoms with van der Waals surface area (Å²) in [6, 6.07) is 24.1. The Morgan fingerprint density at radius 1 is 0.652 bits per heavy atom. The van der Waals surface area contributed by atoms with E-state index in [2.05, 4.69) is 0 Å². The van der Waals surface area contributed by atoms with Crippen LogP contribution in [0, 0.1) is 0 Å². The lowest BCUT2D eigenvalue weighted by atomic mass is 9.85. The van der Waals surface area contributed by atoms with E-state index >= 15 is 0 Å². The van der Waals surface area contributed by atoms with Gasteiger partial charge in [-0.25, -0.2) is 0 Å². The average molecular weight is 341 g/mol. The predicted molar refractivity (Wildman–Crippen MR) is 95.5 cm³/mol. The molecule has 0 heterocycles. The first-order chi connectivity index (χ1) is 11.1. The van der Waals surface area contributed by atoms with E-state index in [1.165, 1.54) is 0 Å². The Hall–Kier alpha value is -2.09. The SMILES string of the molecule is O=C(c1ccccc1)C(c1ccc(Cl)cc1)c1ccc(Cl)cc1. The smallest absolute Gasteiger partial charge is 0.174 e. The molecule has 114 valence electrons. The van der Waals surface area contributed by atoms with Crippen LogP contribution in [0.2, 0.25) is 10.0 Å². The van der Waals surface area contributed by atoms with Crippen molar-refractivity contribution in [2.24, 2.45) is 0 Å². The summed E-state index contributed by atoms with van der Waals surface area (Å²) in [5.74, 6) is -0.331. The standard InChI is InChI=1S/C20H14Cl2O/c21-17-10-6-14(7-11-17)19(15-8-12-18(22)13-9-15)20(23)16-4-2-1-3-5-16/h1-13,19H. The van der Waals surface area contributed by atoms with Crippen molar-refractivity contribution in [3.63, 3.8) is 0 Å². The Morgan fingerprint density at radius 3 is 1.52 bits per heavy atom. The zero-order valence-electron chi connectivity index (χ0n) is 12.2. The second-order valence-electron chi connectivity index (χ2n) is 5.27. The number of halogens is 2. The topological polar surface area (TPSA) is 17.1 Å². The highest BCUT2D eigenvalue weighted by Gasteiger charge is 2.23. The molecular weight excluding hydrogens is 327 g/mol. The molecule has 0 radical (unpaired) electrons. The molecule has 0 aliphatic heterocycles. The van der Waals surface area contributed by atoms with Crippen LogP contribution in [0.25, 0.3) is 0 Å². The molecular formula is C20H14Cl2O. The summed E-state index contributed by atoms with van der Waals surface area (Å²) in [5.41, 5.74) is 2.50. The molecule has 0 spiro atoms. The first-order valence-corrected chi connectivity index (χ1v) is 8.01. The third kappa shape index (κ3) is 3.64. The van der Waals surface area contributed by atoms with E-state index in [0.29, 0.717) is 15.6 Å². The number of rotatable bonds is 4. The van der Waals surface area contributed by atoms with Gasteiger partial charge in [-0.05, 0) is 35.4 Å². The van der Waals surface area contributed by atoms with Crippen LogP contribution < -0.4 is 0 Å². The maximum atomic E-state index is 13.0. The van der Waals surface area contributed by atoms with Gasteiger partial charge in [0, 0.05) is 15.6 Å². The number of hydrogen-bond acceptors (Lipinski definition) is 1. The second-order valence-corrected chi connectivity index (χ2v) is 6.14. The van der Waals surface area contributed by atoms with Crippen LogP contribution in [0.4, 0.5) is 0 Å². The van der Waals surface area contributed by atoms with Gasteiger partial charge in [-0.2, -0.15) is 0 Å². The molecule has 3 aromatic carbocycles. The van der Waals surface area contributed by atoms with E-state index < -0.39 is 0 Å². The Kier molecular flexibility index (Phi) is 4.80. The normalized spacial score (nSPS) is 10.7. The zero-order valence-corrected chi connectivity index (χ0v) is 13.8. The Labute approximate surface area is 145 Å². The number of carbonyl (C=O) groups excluding carboxylic acids is 1. The summed E-state index contributed by atoms with van der Waals surface area (Å²) in [5, 5.41) is 1.30. The lowest BCUT2D eigenvalue weighted by Crippen LogP contribution is -2.14. The molecule has 0 saturated heterocycles. The maximum Gasteiger partial charge on any atom is 0.174 e. The fourth-order valence-electron chi connectivity index (χ4n) is 2.57. The van der Waals surface area contributed by atoms with E-state index in [9.17, 15) is 4.79 Å². The molecule has 3 rings (SSSR count). The maximum absolute atomic E-state index is 13.0. The molecule has 3 heteroatoms. The van der Waals surface area contributed by atoms with Gasteiger partial charge in [0.15, 0.2) is 5.78 Å². The molecule has 0 saturated carbocycles. The molecule has 0 aliphatic rings. The highest BCUT2D eigenvalue weighted by molar-refractivity contribution is 6.30. The van der Waals surface area contributed by atoms with Crippen LogP contribution in [0.1, 0.15) is 27.4 Å². The fraction of sp³-hybridized carbons (Fsp3) is 0.0500. The number of hydrogen-bond donors (Lipinski definition) is 0. The molecule has 0 bridgehead atoms. The summed E-state index contributed by atoms with van der Waals surface area (Å²) in [4.78, 5) is 13.0. The summed E-state index contributed by atoms with van der Waals surface area (Å²) in [6.07, 6.45) is 0. The van der Waals surface area contributed by atoms with Gasteiger partial charge in [0.25, 0.3) is 0 Å². The first kappa shape index (κ1) is 15.8. The van der Waals surface area contributed by atoms with Crippen LogP contribution in [0.15, 0.2) is 78.9 Å². The molecule has 3 aromatic rings. The number of carbonyl (C=O) groups is 1. The van der Waals surface area contributed by atoms with Crippen LogP contribution >= 0.6 is 23.2 Å². The van der Waals surface area contributed by atoms with Crippen LogP contribution in [-0.4, -0.2) is 5.78 Å². The Bertz CT molecular complexity index is 748. The Morgan fingerprint density at radius 2 is 1.09 bits per heavy atom. The number of ketones is 1. The molecule has 0 fully saturated rings. The van der Waals surface area contributed by atoms with E-state index in [-0.39, 0.29) is 11.7 Å². The van der Waals surface area contributed by atoms with E-state index in [4.69, 9.17) is 23.2 Å². The van der Waals surface area contributed by atoms with Crippen molar-refractivity contribution in [3.8, 4) is 0 Å². The van der Waals surface area contributed by atoms with Crippen molar-refractivity contribution in [1.82, 2.24) is 0 Å². The van der Waals surface area contributed by atoms with E-state index in [1.54, 1.807) is 24.3 Å². The molecule has 0 amide bonds. The highest BCUT2D eigenvalue weighted by Crippen LogP contribution is 2.30. The fourth-order valence-corrected chi connectivity index (χ4v) is 2.83. The monoisotopic (exact) mass is 340 g/mol. The summed E-state index contributed by atoms with van der Waals surface area (Å²) in [7, 11) is 0. The summed E-state index contributed by atoms with van der Waals surface area (Å²) < 4.78 is 0. The molecule has 0 aromatic heterocycles. The average Bonchev–Trinajstić information content (AvgIpc) is 2.59. The first-order valence-electron chi connectivity index (χ1n) is 7.25. The lowest BCUT2D eigenvalue weighted by Gasteiger charge is -2.17. The quantitative estimate of drug-likeness (QED) is 0.531. The van der Waals surface area contributed by atoms with Crippen LogP contribution in [0.5, 0.6) is 0 Å². The van der Waals surface area contributed by atoms with Crippen molar-refractivity contribution in [1.29, 1.82) is 0 Å². The number of benzene rings is 3. The predicted octanol–water partition coefficient (Wildman–Crippen LogP) is 6.01. The third-order valence-corrected chi connectivity index (χ3v) is 4.23. The van der Waals surface area contributed by atoms with Crippen LogP contribution in [-0.2, 0) is 0 Å². The molecule has 1 nitrogen and oxygen atoms in total. The van der Waals surface area contributed by atoms with Gasteiger partial charge < -0.3 is 0 Å². The summed E-state index contributed by atoms with van der Waals surface area (Å²) >= 11 is 12.0. The third-order valence-electron chi connectivity index (χ3n) is 3.73. The lowest BCUT2D eigenvalue weighted by molar-refractivity contribution is 0.0974. The van der Waals surface area contributed by atoms with Crippen LogP contribution in [0.3, 0.4) is 0 Å². The molecule has 0 N–H and O–H groups in total. The second kappa shape index (κ2) is 6.99. The van der Waals surface area contributed by atoms with Gasteiger partial charge in [-0.1, -0.05) is 77.8 Å². The van der Waals surface area contributed by atoms with E-state index in [1.807, 2.05) is 54.6 Å². The Balaban J connectivity index is 2.08. The number of Topliss-reactive ketones (excluding diaryl/α,β-unsaturated/α-hetero) is 1. The minimum absolute atomic E-state index is 0.0512. The minimum Gasteiger partial charge on any atom is -0.293 e. The molecule has 0 aliphatic carbocycles. The van der Waals surface area contributed by atoms with Gasteiger partial charge in [0.2, 0.25) is 0 Å². The van der Waals surface area contributed by atoms with Gasteiger partial charge in [-0.15, -0.1) is 0 Å². The minimum atomic E-state index is -0.382. The van der Waals surface area contributed by atoms with Crippen molar-refractivity contribution in [2.45, 2.75) is 5.92 Å². The van der Waals surface area contributed by atoms with Gasteiger partial charge in [-0.3, -0.25) is 4.79 Å². The van der Waals surface area contributed by atoms with Gasteiger partial charge >= 0.3 is 0 Å². The molecule has 23 heavy (non-hydrogen) atoms. The van der Waals surface area contributed by atoms with E-state index in [0.717, 1.165) is 11.1 Å². The van der Waals surface area contributed by atoms with Crippen molar-refractivity contribution in [2.75, 3.05) is 0 Å².